The molecule has 39 heavy (non-hydrogen) atoms. The second-order valence-electron chi connectivity index (χ2n) is 10.8. The topological polar surface area (TPSA) is 54.4 Å². The Morgan fingerprint density at radius 1 is 0.974 bits per heavy atom. The van der Waals surface area contributed by atoms with Gasteiger partial charge in [0, 0.05) is 24.0 Å². The molecule has 0 aromatic heterocycles. The van der Waals surface area contributed by atoms with Crippen LogP contribution in [0.15, 0.2) is 78.0 Å². The number of benzene rings is 3. The van der Waals surface area contributed by atoms with Crippen LogP contribution < -0.4 is 19.1 Å². The highest BCUT2D eigenvalue weighted by atomic mass is 16.5. The largest absolute Gasteiger partial charge is 0.497 e. The second kappa shape index (κ2) is 11.7. The molecule has 2 unspecified atom stereocenters. The number of nitrogens with zero attached hydrogens (tertiary/aromatic N) is 2. The minimum atomic E-state index is -0.0761. The van der Waals surface area contributed by atoms with Crippen molar-refractivity contribution in [3.8, 4) is 17.2 Å². The summed E-state index contributed by atoms with van der Waals surface area (Å²) in [5.74, 6) is 2.74. The zero-order valence-electron chi connectivity index (χ0n) is 23.7. The van der Waals surface area contributed by atoms with E-state index in [2.05, 4.69) is 54.8 Å². The molecule has 6 nitrogen and oxygen atoms in total. The maximum atomic E-state index is 10.6. The third-order valence-electron chi connectivity index (χ3n) is 8.08. The van der Waals surface area contributed by atoms with Crippen LogP contribution in [0.2, 0.25) is 0 Å². The lowest BCUT2D eigenvalue weighted by atomic mass is 9.79. The van der Waals surface area contributed by atoms with Gasteiger partial charge in [-0.3, -0.25) is 4.90 Å². The highest BCUT2D eigenvalue weighted by Crippen LogP contribution is 2.47. The molecule has 0 radical (unpaired) electrons. The van der Waals surface area contributed by atoms with Gasteiger partial charge >= 0.3 is 0 Å². The van der Waals surface area contributed by atoms with Crippen molar-refractivity contribution in [3.63, 3.8) is 0 Å². The molecule has 2 aliphatic rings. The fourth-order valence-electron chi connectivity index (χ4n) is 6.25. The highest BCUT2D eigenvalue weighted by Gasteiger charge is 2.42. The van der Waals surface area contributed by atoms with E-state index in [0.29, 0.717) is 12.5 Å². The molecule has 1 N–H and O–H groups in total. The molecular formula is C33H40N2O4. The highest BCUT2D eigenvalue weighted by molar-refractivity contribution is 5.57. The summed E-state index contributed by atoms with van der Waals surface area (Å²) in [6, 6.07) is 23.0. The minimum Gasteiger partial charge on any atom is -0.497 e. The Hall–Kier alpha value is -3.48. The molecular weight excluding hydrogens is 488 g/mol. The minimum absolute atomic E-state index is 0.0761. The average molecular weight is 529 g/mol. The molecule has 0 saturated carbocycles. The molecule has 3 aromatic carbocycles. The first kappa shape index (κ1) is 27.1. The van der Waals surface area contributed by atoms with Crippen molar-refractivity contribution >= 4 is 5.69 Å². The lowest BCUT2D eigenvalue weighted by Gasteiger charge is -2.51. The third-order valence-corrected chi connectivity index (χ3v) is 8.08. The van der Waals surface area contributed by atoms with E-state index in [4.69, 9.17) is 14.2 Å². The summed E-state index contributed by atoms with van der Waals surface area (Å²) in [6.07, 6.45) is 1.83. The summed E-state index contributed by atoms with van der Waals surface area (Å²) < 4.78 is 17.4. The fraction of sp³-hybridized carbons (Fsp3) is 0.394. The van der Waals surface area contributed by atoms with Crippen molar-refractivity contribution in [3.05, 3.63) is 94.7 Å². The van der Waals surface area contributed by atoms with Crippen LogP contribution >= 0.6 is 0 Å². The van der Waals surface area contributed by atoms with Crippen LogP contribution in [0.4, 0.5) is 5.69 Å². The first-order valence-electron chi connectivity index (χ1n) is 13.8. The van der Waals surface area contributed by atoms with Gasteiger partial charge in [0.05, 0.1) is 20.3 Å². The van der Waals surface area contributed by atoms with Gasteiger partial charge in [-0.05, 0) is 78.8 Å². The van der Waals surface area contributed by atoms with E-state index in [-0.39, 0.29) is 18.8 Å². The molecule has 3 aromatic rings. The van der Waals surface area contributed by atoms with E-state index in [9.17, 15) is 5.11 Å². The van der Waals surface area contributed by atoms with Crippen molar-refractivity contribution in [2.24, 2.45) is 5.92 Å². The molecule has 5 rings (SSSR count). The van der Waals surface area contributed by atoms with Crippen LogP contribution in [-0.4, -0.2) is 43.5 Å². The molecule has 2 heterocycles. The molecule has 0 amide bonds. The molecule has 0 fully saturated rings. The average Bonchev–Trinajstić information content (AvgIpc) is 2.96. The normalized spacial score (nSPS) is 18.9. The van der Waals surface area contributed by atoms with E-state index in [1.54, 1.807) is 14.2 Å². The van der Waals surface area contributed by atoms with Crippen LogP contribution in [0, 0.1) is 5.92 Å². The SMILES string of the molecule is COc1ccc(N(CO)C2=C(C)CC3c4cc(OC)c(OCc5ccccc5)cc4CCN3C2C(C)C)cc1. The van der Waals surface area contributed by atoms with Crippen molar-refractivity contribution in [2.45, 2.75) is 52.3 Å². The van der Waals surface area contributed by atoms with Gasteiger partial charge in [0.25, 0.3) is 0 Å². The number of hydrogen-bond acceptors (Lipinski definition) is 6. The number of aliphatic hydroxyl groups excluding tert-OH is 1. The van der Waals surface area contributed by atoms with E-state index in [1.807, 2.05) is 42.5 Å². The maximum Gasteiger partial charge on any atom is 0.161 e. The van der Waals surface area contributed by atoms with Crippen LogP contribution in [0.25, 0.3) is 0 Å². The smallest absolute Gasteiger partial charge is 0.161 e. The van der Waals surface area contributed by atoms with Crippen LogP contribution in [0.1, 0.15) is 49.9 Å². The Labute approximate surface area is 232 Å². The van der Waals surface area contributed by atoms with Gasteiger partial charge in [-0.2, -0.15) is 0 Å². The summed E-state index contributed by atoms with van der Waals surface area (Å²) in [4.78, 5) is 4.69. The zero-order chi connectivity index (χ0) is 27.5. The maximum absolute atomic E-state index is 10.6. The summed E-state index contributed by atoms with van der Waals surface area (Å²) in [5, 5.41) is 10.6. The Kier molecular flexibility index (Phi) is 8.15. The van der Waals surface area contributed by atoms with Gasteiger partial charge in [-0.1, -0.05) is 49.8 Å². The second-order valence-corrected chi connectivity index (χ2v) is 10.8. The van der Waals surface area contributed by atoms with E-state index >= 15 is 0 Å². The third kappa shape index (κ3) is 5.36. The van der Waals surface area contributed by atoms with E-state index in [1.165, 1.54) is 22.4 Å². The van der Waals surface area contributed by atoms with Crippen molar-refractivity contribution in [1.82, 2.24) is 4.90 Å². The number of methoxy groups -OCH3 is 2. The number of rotatable bonds is 9. The Morgan fingerprint density at radius 3 is 2.36 bits per heavy atom. The summed E-state index contributed by atoms with van der Waals surface area (Å²) in [6.45, 7) is 8.16. The first-order valence-corrected chi connectivity index (χ1v) is 13.8. The van der Waals surface area contributed by atoms with Crippen LogP contribution in [-0.2, 0) is 13.0 Å². The lowest BCUT2D eigenvalue weighted by molar-refractivity contribution is 0.0942. The van der Waals surface area contributed by atoms with E-state index in [0.717, 1.165) is 47.9 Å². The van der Waals surface area contributed by atoms with Gasteiger partial charge in [0.1, 0.15) is 19.1 Å². The number of anilines is 1. The lowest BCUT2D eigenvalue weighted by Crippen LogP contribution is -2.52. The Morgan fingerprint density at radius 2 is 1.72 bits per heavy atom. The standard InChI is InChI=1S/C33H40N2O4/c1-22(2)32-33(35(21-36)26-11-13-27(37-4)14-12-26)23(3)17-29-28-19-30(38-5)31(18-25(28)15-16-34(29)32)39-20-24-9-7-6-8-10-24/h6-14,18-19,22,29,32,36H,15-17,20-21H2,1-5H3. The van der Waals surface area contributed by atoms with Crippen molar-refractivity contribution in [2.75, 3.05) is 32.4 Å². The predicted molar refractivity (Wildman–Crippen MR) is 155 cm³/mol. The molecule has 2 atom stereocenters. The number of aliphatic hydroxyl groups is 1. The number of fused-ring (bicyclic) bond motifs is 3. The molecule has 0 bridgehead atoms. The van der Waals surface area contributed by atoms with Crippen molar-refractivity contribution in [1.29, 1.82) is 0 Å². The van der Waals surface area contributed by atoms with Gasteiger partial charge < -0.3 is 24.2 Å². The first-order chi connectivity index (χ1) is 18.9. The number of hydrogen-bond donors (Lipinski definition) is 1. The van der Waals surface area contributed by atoms with Gasteiger partial charge in [0.2, 0.25) is 0 Å². The monoisotopic (exact) mass is 528 g/mol. The summed E-state index contributed by atoms with van der Waals surface area (Å²) in [7, 11) is 3.38. The van der Waals surface area contributed by atoms with Gasteiger partial charge in [-0.25, -0.2) is 0 Å². The van der Waals surface area contributed by atoms with Crippen LogP contribution in [0.5, 0.6) is 17.2 Å². The quantitative estimate of drug-likeness (QED) is 0.327. The van der Waals surface area contributed by atoms with Gasteiger partial charge in [0.15, 0.2) is 11.5 Å². The molecule has 0 aliphatic carbocycles. The molecule has 0 saturated heterocycles. The van der Waals surface area contributed by atoms with Crippen molar-refractivity contribution < 1.29 is 19.3 Å². The van der Waals surface area contributed by atoms with Crippen LogP contribution in [0.3, 0.4) is 0 Å². The molecule has 2 aliphatic heterocycles. The number of ether oxygens (including phenoxy) is 3. The zero-order valence-corrected chi connectivity index (χ0v) is 23.7. The molecule has 0 spiro atoms. The predicted octanol–water partition coefficient (Wildman–Crippen LogP) is 6.34. The Bertz CT molecular complexity index is 1300. The summed E-state index contributed by atoms with van der Waals surface area (Å²) >= 11 is 0. The molecule has 6 heteroatoms. The Balaban J connectivity index is 1.48. The van der Waals surface area contributed by atoms with Gasteiger partial charge in [-0.15, -0.1) is 0 Å². The van der Waals surface area contributed by atoms with E-state index < -0.39 is 0 Å². The fourth-order valence-corrected chi connectivity index (χ4v) is 6.25. The molecule has 206 valence electrons. The summed E-state index contributed by atoms with van der Waals surface area (Å²) in [5.41, 5.74) is 7.25.